The number of hydrogen-bond donors (Lipinski definition) is 1. The molecule has 0 atom stereocenters. The Kier molecular flexibility index (Phi) is 3.76. The molecule has 0 unspecified atom stereocenters. The molecule has 0 fully saturated rings. The quantitative estimate of drug-likeness (QED) is 0.942. The second-order valence-electron chi connectivity index (χ2n) is 6.74. The minimum atomic E-state index is -1.12. The Morgan fingerprint density at radius 3 is 2.00 bits per heavy atom. The molecule has 23 heavy (non-hydrogen) atoms. The lowest BCUT2D eigenvalue weighted by molar-refractivity contribution is -0.140. The molecule has 3 rings (SSSR count). The van der Waals surface area contributed by atoms with Crippen LogP contribution in [0.4, 0.5) is 0 Å². The van der Waals surface area contributed by atoms with E-state index < -0.39 is 5.79 Å². The van der Waals surface area contributed by atoms with Gasteiger partial charge in [-0.1, -0.05) is 42.5 Å². The van der Waals surface area contributed by atoms with Crippen LogP contribution in [0.25, 0.3) is 0 Å². The van der Waals surface area contributed by atoms with Gasteiger partial charge in [0.25, 0.3) is 5.79 Å². The van der Waals surface area contributed by atoms with Crippen molar-refractivity contribution in [1.82, 2.24) is 5.32 Å². The molecule has 0 spiro atoms. The van der Waals surface area contributed by atoms with E-state index in [-0.39, 0.29) is 17.9 Å². The van der Waals surface area contributed by atoms with Crippen molar-refractivity contribution in [3.8, 4) is 11.5 Å². The van der Waals surface area contributed by atoms with Crippen molar-refractivity contribution in [3.63, 3.8) is 0 Å². The van der Waals surface area contributed by atoms with Gasteiger partial charge in [0.15, 0.2) is 11.5 Å². The van der Waals surface area contributed by atoms with E-state index in [1.54, 1.807) is 0 Å². The van der Waals surface area contributed by atoms with Crippen LogP contribution in [0.2, 0.25) is 0 Å². The van der Waals surface area contributed by atoms with E-state index in [0.29, 0.717) is 11.5 Å². The Balaban J connectivity index is 1.92. The zero-order valence-electron chi connectivity index (χ0n) is 13.6. The summed E-state index contributed by atoms with van der Waals surface area (Å²) in [6.07, 6.45) is 0.0863. The molecule has 2 aromatic carbocycles. The molecule has 0 aliphatic carbocycles. The summed E-state index contributed by atoms with van der Waals surface area (Å²) in [4.78, 5) is 12.5. The summed E-state index contributed by atoms with van der Waals surface area (Å²) in [6.45, 7) is 5.85. The van der Waals surface area contributed by atoms with Crippen LogP contribution in [-0.4, -0.2) is 11.4 Å². The Hall–Kier alpha value is -2.49. The normalized spacial score (nSPS) is 15.3. The van der Waals surface area contributed by atoms with Crippen LogP contribution >= 0.6 is 0 Å². The van der Waals surface area contributed by atoms with Gasteiger partial charge in [0, 0.05) is 11.1 Å². The molecule has 1 heterocycles. The van der Waals surface area contributed by atoms with E-state index in [1.165, 1.54) is 0 Å². The standard InChI is InChI=1S/C19H21NO3/c1-18(2,3)20-17(21)13-19(14-9-5-4-6-10-14)22-15-11-7-8-12-16(15)23-19/h4-12H,13H2,1-3H3,(H,20,21). The number of hydrogen-bond acceptors (Lipinski definition) is 3. The molecular weight excluding hydrogens is 290 g/mol. The highest BCUT2D eigenvalue weighted by atomic mass is 16.7. The largest absolute Gasteiger partial charge is 0.444 e. The lowest BCUT2D eigenvalue weighted by atomic mass is 10.0. The highest BCUT2D eigenvalue weighted by Gasteiger charge is 2.45. The van der Waals surface area contributed by atoms with Crippen LogP contribution in [0.3, 0.4) is 0 Å². The average Bonchev–Trinajstić information content (AvgIpc) is 2.85. The summed E-state index contributed by atoms with van der Waals surface area (Å²) in [6, 6.07) is 17.0. The first-order valence-electron chi connectivity index (χ1n) is 7.72. The van der Waals surface area contributed by atoms with Gasteiger partial charge in [-0.05, 0) is 32.9 Å². The number of fused-ring (bicyclic) bond motifs is 1. The van der Waals surface area contributed by atoms with Gasteiger partial charge in [0.05, 0.1) is 0 Å². The molecule has 4 nitrogen and oxygen atoms in total. The van der Waals surface area contributed by atoms with Crippen LogP contribution in [-0.2, 0) is 10.6 Å². The van der Waals surface area contributed by atoms with Gasteiger partial charge >= 0.3 is 0 Å². The number of para-hydroxylation sites is 2. The van der Waals surface area contributed by atoms with Gasteiger partial charge in [0.2, 0.25) is 5.91 Å². The lowest BCUT2D eigenvalue weighted by Crippen LogP contribution is -2.46. The predicted octanol–water partition coefficient (Wildman–Crippen LogP) is 3.62. The predicted molar refractivity (Wildman–Crippen MR) is 88.3 cm³/mol. The number of carbonyl (C=O) groups excluding carboxylic acids is 1. The number of amides is 1. The maximum atomic E-state index is 12.5. The first-order valence-corrected chi connectivity index (χ1v) is 7.72. The second-order valence-corrected chi connectivity index (χ2v) is 6.74. The van der Waals surface area contributed by atoms with E-state index in [1.807, 2.05) is 75.4 Å². The minimum Gasteiger partial charge on any atom is -0.444 e. The summed E-state index contributed by atoms with van der Waals surface area (Å²) in [5.74, 6) is 0.0642. The Labute approximate surface area is 136 Å². The van der Waals surface area contributed by atoms with Crippen molar-refractivity contribution in [2.24, 2.45) is 0 Å². The first kappa shape index (κ1) is 15.4. The fourth-order valence-electron chi connectivity index (χ4n) is 2.65. The zero-order valence-corrected chi connectivity index (χ0v) is 13.6. The molecular formula is C19H21NO3. The van der Waals surface area contributed by atoms with Crippen LogP contribution in [0.5, 0.6) is 11.5 Å². The molecule has 120 valence electrons. The Bertz CT molecular complexity index is 679. The third kappa shape index (κ3) is 3.31. The zero-order chi connectivity index (χ0) is 16.5. The number of carbonyl (C=O) groups is 1. The number of ether oxygens (including phenoxy) is 2. The topological polar surface area (TPSA) is 47.6 Å². The van der Waals surface area contributed by atoms with Crippen LogP contribution in [0.1, 0.15) is 32.8 Å². The summed E-state index contributed by atoms with van der Waals surface area (Å²) < 4.78 is 12.2. The van der Waals surface area contributed by atoms with E-state index in [9.17, 15) is 4.79 Å². The van der Waals surface area contributed by atoms with Crippen LogP contribution < -0.4 is 14.8 Å². The number of nitrogens with one attached hydrogen (secondary N) is 1. The van der Waals surface area contributed by atoms with Crippen LogP contribution in [0, 0.1) is 0 Å². The van der Waals surface area contributed by atoms with Crippen LogP contribution in [0.15, 0.2) is 54.6 Å². The maximum absolute atomic E-state index is 12.5. The molecule has 0 bridgehead atoms. The molecule has 1 aliphatic heterocycles. The van der Waals surface area contributed by atoms with Gasteiger partial charge in [-0.25, -0.2) is 0 Å². The van der Waals surface area contributed by atoms with Crippen molar-refractivity contribution in [1.29, 1.82) is 0 Å². The monoisotopic (exact) mass is 311 g/mol. The van der Waals surface area contributed by atoms with Gasteiger partial charge in [-0.15, -0.1) is 0 Å². The summed E-state index contributed by atoms with van der Waals surface area (Å²) >= 11 is 0. The van der Waals surface area contributed by atoms with E-state index in [0.717, 1.165) is 5.56 Å². The second kappa shape index (κ2) is 5.61. The van der Waals surface area contributed by atoms with E-state index >= 15 is 0 Å². The van der Waals surface area contributed by atoms with Crippen molar-refractivity contribution in [3.05, 3.63) is 60.2 Å². The fourth-order valence-corrected chi connectivity index (χ4v) is 2.65. The number of benzene rings is 2. The highest BCUT2D eigenvalue weighted by molar-refractivity contribution is 5.78. The lowest BCUT2D eigenvalue weighted by Gasteiger charge is -2.29. The summed E-state index contributed by atoms with van der Waals surface area (Å²) in [7, 11) is 0. The van der Waals surface area contributed by atoms with Gasteiger partial charge < -0.3 is 14.8 Å². The molecule has 1 amide bonds. The molecule has 0 saturated carbocycles. The molecule has 1 aliphatic rings. The molecule has 0 radical (unpaired) electrons. The third-order valence-electron chi connectivity index (χ3n) is 3.52. The minimum absolute atomic E-state index is 0.0863. The van der Waals surface area contributed by atoms with Gasteiger partial charge in [-0.3, -0.25) is 4.79 Å². The van der Waals surface area contributed by atoms with E-state index in [2.05, 4.69) is 5.32 Å². The SMILES string of the molecule is CC(C)(C)NC(=O)CC1(c2ccccc2)Oc2ccccc2O1. The van der Waals surface area contributed by atoms with Crippen molar-refractivity contribution in [2.75, 3.05) is 0 Å². The molecule has 4 heteroatoms. The summed E-state index contributed by atoms with van der Waals surface area (Å²) in [5, 5.41) is 2.97. The third-order valence-corrected chi connectivity index (χ3v) is 3.52. The first-order chi connectivity index (χ1) is 10.9. The molecule has 0 aromatic heterocycles. The van der Waals surface area contributed by atoms with Crippen molar-refractivity contribution >= 4 is 5.91 Å². The number of rotatable bonds is 3. The molecule has 2 aromatic rings. The van der Waals surface area contributed by atoms with Gasteiger partial charge in [-0.2, -0.15) is 0 Å². The average molecular weight is 311 g/mol. The van der Waals surface area contributed by atoms with Gasteiger partial charge in [0.1, 0.15) is 6.42 Å². The maximum Gasteiger partial charge on any atom is 0.287 e. The Morgan fingerprint density at radius 2 is 1.48 bits per heavy atom. The van der Waals surface area contributed by atoms with E-state index in [4.69, 9.17) is 9.47 Å². The molecule has 1 N–H and O–H groups in total. The summed E-state index contributed by atoms with van der Waals surface area (Å²) in [5.41, 5.74) is 0.515. The van der Waals surface area contributed by atoms with Crippen molar-refractivity contribution in [2.45, 2.75) is 38.5 Å². The smallest absolute Gasteiger partial charge is 0.287 e. The Morgan fingerprint density at radius 1 is 0.957 bits per heavy atom. The fraction of sp³-hybridized carbons (Fsp3) is 0.316. The van der Waals surface area contributed by atoms with Crippen molar-refractivity contribution < 1.29 is 14.3 Å². The highest BCUT2D eigenvalue weighted by Crippen LogP contribution is 2.45. The molecule has 0 saturated heterocycles.